The number of nitrogens with one attached hydrogen (secondary N) is 2. The van der Waals surface area contributed by atoms with Crippen molar-refractivity contribution in [3.05, 3.63) is 36.0 Å². The first-order valence-electron chi connectivity index (χ1n) is 7.65. The van der Waals surface area contributed by atoms with E-state index >= 15 is 0 Å². The van der Waals surface area contributed by atoms with Crippen molar-refractivity contribution < 1.29 is 0 Å². The van der Waals surface area contributed by atoms with Crippen molar-refractivity contribution in [1.29, 1.82) is 0 Å². The Kier molecular flexibility index (Phi) is 7.76. The summed E-state index contributed by atoms with van der Waals surface area (Å²) in [5, 5.41) is 6.89. The van der Waals surface area contributed by atoms with Crippen molar-refractivity contribution >= 4 is 0 Å². The molecule has 1 aliphatic heterocycles. The second-order valence-corrected chi connectivity index (χ2v) is 5.25. The van der Waals surface area contributed by atoms with E-state index in [0.29, 0.717) is 12.0 Å². The Morgan fingerprint density at radius 3 is 2.79 bits per heavy atom. The minimum absolute atomic E-state index is 0.542. The van der Waals surface area contributed by atoms with E-state index in [1.165, 1.54) is 36.8 Å². The van der Waals surface area contributed by atoms with Crippen LogP contribution in [0.2, 0.25) is 0 Å². The van der Waals surface area contributed by atoms with Gasteiger partial charge in [-0.2, -0.15) is 0 Å². The van der Waals surface area contributed by atoms with E-state index in [2.05, 4.69) is 43.2 Å². The van der Waals surface area contributed by atoms with Gasteiger partial charge < -0.3 is 10.6 Å². The second kappa shape index (κ2) is 9.11. The molecule has 2 heteroatoms. The van der Waals surface area contributed by atoms with Crippen LogP contribution in [0.4, 0.5) is 0 Å². The number of hydrogen-bond donors (Lipinski definition) is 2. The van der Waals surface area contributed by atoms with Crippen LogP contribution in [-0.2, 0) is 0 Å². The van der Waals surface area contributed by atoms with Gasteiger partial charge in [0, 0.05) is 6.04 Å². The average molecular weight is 262 g/mol. The summed E-state index contributed by atoms with van der Waals surface area (Å²) in [5.74, 6) is 0.624. The largest absolute Gasteiger partial charge is 0.320 e. The predicted molar refractivity (Wildman–Crippen MR) is 85.4 cm³/mol. The molecule has 2 nitrogen and oxygen atoms in total. The highest BCUT2D eigenvalue weighted by molar-refractivity contribution is 5.39. The quantitative estimate of drug-likeness (QED) is 0.655. The molecule has 0 bridgehead atoms. The summed E-state index contributed by atoms with van der Waals surface area (Å²) in [5.41, 5.74) is 2.97. The van der Waals surface area contributed by atoms with Gasteiger partial charge in [-0.05, 0) is 69.8 Å². The van der Waals surface area contributed by atoms with E-state index in [1.54, 1.807) is 0 Å². The first-order valence-corrected chi connectivity index (χ1v) is 7.65. The molecule has 0 saturated carbocycles. The number of hydrogen-bond acceptors (Lipinski definition) is 2. The highest BCUT2D eigenvalue weighted by Crippen LogP contribution is 2.30. The molecule has 2 N–H and O–H groups in total. The van der Waals surface area contributed by atoms with Gasteiger partial charge in [-0.1, -0.05) is 31.7 Å². The lowest BCUT2D eigenvalue weighted by atomic mass is 9.83. The second-order valence-electron chi connectivity index (χ2n) is 5.25. The molecular weight excluding hydrogens is 232 g/mol. The molecule has 0 aromatic carbocycles. The van der Waals surface area contributed by atoms with Gasteiger partial charge in [-0.15, -0.1) is 0 Å². The maximum absolute atomic E-state index is 3.90. The summed E-state index contributed by atoms with van der Waals surface area (Å²) >= 11 is 0. The highest BCUT2D eigenvalue weighted by Gasteiger charge is 2.24. The fraction of sp³-hybridized carbons (Fsp3) is 0.647. The van der Waals surface area contributed by atoms with Gasteiger partial charge in [0.2, 0.25) is 0 Å². The molecule has 2 atom stereocenters. The molecule has 1 rings (SSSR count). The molecule has 0 aromatic heterocycles. The van der Waals surface area contributed by atoms with Gasteiger partial charge in [0.1, 0.15) is 0 Å². The van der Waals surface area contributed by atoms with E-state index in [0.717, 1.165) is 13.1 Å². The zero-order valence-electron chi connectivity index (χ0n) is 12.8. The minimum atomic E-state index is 0.542. The lowest BCUT2D eigenvalue weighted by Gasteiger charge is -2.25. The Morgan fingerprint density at radius 1 is 1.53 bits per heavy atom. The fourth-order valence-electron chi connectivity index (χ4n) is 3.01. The van der Waals surface area contributed by atoms with Crippen molar-refractivity contribution in [3.63, 3.8) is 0 Å². The van der Waals surface area contributed by atoms with Crippen molar-refractivity contribution in [3.8, 4) is 0 Å². The summed E-state index contributed by atoms with van der Waals surface area (Å²) in [6.45, 7) is 10.6. The van der Waals surface area contributed by atoms with Crippen LogP contribution in [0.25, 0.3) is 0 Å². The highest BCUT2D eigenvalue weighted by atomic mass is 14.9. The van der Waals surface area contributed by atoms with Crippen LogP contribution in [0.15, 0.2) is 36.0 Å². The maximum atomic E-state index is 3.90. The van der Waals surface area contributed by atoms with Crippen LogP contribution in [0.5, 0.6) is 0 Å². The molecule has 19 heavy (non-hydrogen) atoms. The van der Waals surface area contributed by atoms with E-state index in [-0.39, 0.29) is 0 Å². The standard InChI is InChI=1S/C17H30N2/c1-5-9-16(14(6-2)11-13-18-4)15(7-3)17-10-8-12-19-17/h5,7,9,14,17-19H,1,6,8,10-13H2,2-4H3/b15-7+,16-9-. The minimum Gasteiger partial charge on any atom is -0.320 e. The Bertz CT molecular complexity index is 322. The Balaban J connectivity index is 2.89. The normalized spacial score (nSPS) is 22.6. The van der Waals surface area contributed by atoms with Gasteiger partial charge in [0.05, 0.1) is 0 Å². The lowest BCUT2D eigenvalue weighted by molar-refractivity contribution is 0.519. The predicted octanol–water partition coefficient (Wildman–Crippen LogP) is 3.43. The number of allylic oxidation sites excluding steroid dienone is 3. The summed E-state index contributed by atoms with van der Waals surface area (Å²) < 4.78 is 0. The van der Waals surface area contributed by atoms with Crippen molar-refractivity contribution in [2.45, 2.75) is 45.6 Å². The Morgan fingerprint density at radius 2 is 2.32 bits per heavy atom. The first-order chi connectivity index (χ1) is 9.28. The van der Waals surface area contributed by atoms with Gasteiger partial charge in [-0.3, -0.25) is 0 Å². The number of rotatable bonds is 8. The summed E-state index contributed by atoms with van der Waals surface area (Å²) in [6, 6.07) is 0.542. The maximum Gasteiger partial charge on any atom is 0.0320 e. The van der Waals surface area contributed by atoms with Crippen LogP contribution in [0, 0.1) is 5.92 Å². The lowest BCUT2D eigenvalue weighted by Crippen LogP contribution is -2.27. The van der Waals surface area contributed by atoms with E-state index < -0.39 is 0 Å². The van der Waals surface area contributed by atoms with E-state index in [1.807, 2.05) is 13.1 Å². The first kappa shape index (κ1) is 16.2. The molecule has 0 amide bonds. The zero-order valence-corrected chi connectivity index (χ0v) is 12.8. The Hall–Kier alpha value is -0.860. The third-order valence-corrected chi connectivity index (χ3v) is 4.05. The van der Waals surface area contributed by atoms with Gasteiger partial charge in [0.25, 0.3) is 0 Å². The van der Waals surface area contributed by atoms with Gasteiger partial charge in [0.15, 0.2) is 0 Å². The molecule has 1 saturated heterocycles. The molecule has 0 aliphatic carbocycles. The Labute approximate surface area is 119 Å². The third-order valence-electron chi connectivity index (χ3n) is 4.05. The smallest absolute Gasteiger partial charge is 0.0320 e. The van der Waals surface area contributed by atoms with Gasteiger partial charge in [-0.25, -0.2) is 0 Å². The third kappa shape index (κ3) is 4.63. The summed E-state index contributed by atoms with van der Waals surface area (Å²) in [4.78, 5) is 0. The van der Waals surface area contributed by atoms with Crippen molar-refractivity contribution in [2.75, 3.05) is 20.1 Å². The van der Waals surface area contributed by atoms with E-state index in [4.69, 9.17) is 0 Å². The van der Waals surface area contributed by atoms with Crippen LogP contribution in [0.1, 0.15) is 39.5 Å². The van der Waals surface area contributed by atoms with Crippen molar-refractivity contribution in [1.82, 2.24) is 10.6 Å². The van der Waals surface area contributed by atoms with Crippen LogP contribution < -0.4 is 10.6 Å². The summed E-state index contributed by atoms with van der Waals surface area (Å²) in [7, 11) is 2.03. The molecule has 108 valence electrons. The average Bonchev–Trinajstić information content (AvgIpc) is 2.94. The molecular formula is C17H30N2. The molecule has 1 aliphatic rings. The fourth-order valence-corrected chi connectivity index (χ4v) is 3.01. The van der Waals surface area contributed by atoms with E-state index in [9.17, 15) is 0 Å². The molecule has 1 heterocycles. The molecule has 1 fully saturated rings. The van der Waals surface area contributed by atoms with Crippen LogP contribution in [0.3, 0.4) is 0 Å². The van der Waals surface area contributed by atoms with Crippen molar-refractivity contribution in [2.24, 2.45) is 5.92 Å². The molecule has 0 aromatic rings. The van der Waals surface area contributed by atoms with Crippen LogP contribution >= 0.6 is 0 Å². The topological polar surface area (TPSA) is 24.1 Å². The zero-order chi connectivity index (χ0) is 14.1. The SMILES string of the molecule is C=C/C=C(\C(=C/C)C1CCCN1)C(CC)CCNC. The monoisotopic (exact) mass is 262 g/mol. The molecule has 0 radical (unpaired) electrons. The summed E-state index contributed by atoms with van der Waals surface area (Å²) in [6.07, 6.45) is 11.4. The molecule has 0 spiro atoms. The molecule has 2 unspecified atom stereocenters. The van der Waals surface area contributed by atoms with Gasteiger partial charge >= 0.3 is 0 Å². The van der Waals surface area contributed by atoms with Crippen LogP contribution in [-0.4, -0.2) is 26.2 Å².